The maximum absolute atomic E-state index is 13.0. The molecule has 2 aromatic rings. The fourth-order valence-electron chi connectivity index (χ4n) is 3.31. The summed E-state index contributed by atoms with van der Waals surface area (Å²) in [5, 5.41) is 2.63. The van der Waals surface area contributed by atoms with Crippen LogP contribution in [-0.2, 0) is 23.9 Å². The molecule has 0 spiro atoms. The molecule has 1 aliphatic rings. The summed E-state index contributed by atoms with van der Waals surface area (Å²) in [6.07, 6.45) is -1.40. The number of para-hydroxylation sites is 1. The number of alkyl halides is 3. The highest BCUT2D eigenvalue weighted by Crippen LogP contribution is 2.31. The summed E-state index contributed by atoms with van der Waals surface area (Å²) in [6, 6.07) is 13.3. The van der Waals surface area contributed by atoms with Crippen molar-refractivity contribution in [3.8, 4) is 0 Å². The van der Waals surface area contributed by atoms with E-state index in [4.69, 9.17) is 0 Å². The fourth-order valence-corrected chi connectivity index (χ4v) is 3.31. The molecule has 0 radical (unpaired) electrons. The summed E-state index contributed by atoms with van der Waals surface area (Å²) in [7, 11) is 0. The Bertz CT molecular complexity index is 774. The molecular weight excluding hydrogens is 341 g/mol. The first-order chi connectivity index (χ1) is 12.4. The minimum Gasteiger partial charge on any atom is -0.362 e. The van der Waals surface area contributed by atoms with Crippen molar-refractivity contribution < 1.29 is 18.0 Å². The lowest BCUT2D eigenvalue weighted by atomic mass is 10.1. The number of hydrogen-bond donors (Lipinski definition) is 1. The van der Waals surface area contributed by atoms with E-state index in [1.165, 1.54) is 17.7 Å². The van der Waals surface area contributed by atoms with Gasteiger partial charge < -0.3 is 10.2 Å². The van der Waals surface area contributed by atoms with Crippen molar-refractivity contribution in [2.75, 3.05) is 18.0 Å². The number of anilines is 1. The van der Waals surface area contributed by atoms with Gasteiger partial charge >= 0.3 is 6.18 Å². The molecular formula is C20H21F3N2O. The van der Waals surface area contributed by atoms with Crippen LogP contribution in [0.25, 0.3) is 0 Å². The molecule has 1 heterocycles. The predicted molar refractivity (Wildman–Crippen MR) is 94.9 cm³/mol. The van der Waals surface area contributed by atoms with Crippen molar-refractivity contribution in [3.63, 3.8) is 0 Å². The molecule has 2 aromatic carbocycles. The van der Waals surface area contributed by atoms with Gasteiger partial charge in [-0.2, -0.15) is 13.2 Å². The van der Waals surface area contributed by atoms with Gasteiger partial charge in [0.25, 0.3) is 0 Å². The van der Waals surface area contributed by atoms with E-state index in [1.807, 2.05) is 23.1 Å². The Morgan fingerprint density at radius 2 is 1.77 bits per heavy atom. The summed E-state index contributed by atoms with van der Waals surface area (Å²) < 4.78 is 39.1. The molecule has 0 bridgehead atoms. The van der Waals surface area contributed by atoms with Crippen LogP contribution >= 0.6 is 0 Å². The minimum atomic E-state index is -4.43. The Labute approximate surface area is 150 Å². The first kappa shape index (κ1) is 18.3. The van der Waals surface area contributed by atoms with Crippen LogP contribution in [0.5, 0.6) is 0 Å². The van der Waals surface area contributed by atoms with Crippen LogP contribution in [0, 0.1) is 0 Å². The molecule has 0 saturated carbocycles. The number of carbonyl (C=O) groups excluding carboxylic acids is 1. The van der Waals surface area contributed by atoms with Crippen LogP contribution in [0.15, 0.2) is 48.5 Å². The van der Waals surface area contributed by atoms with E-state index in [2.05, 4.69) is 11.4 Å². The number of halogens is 3. The topological polar surface area (TPSA) is 32.3 Å². The fraction of sp³-hybridized carbons (Fsp3) is 0.350. The molecule has 0 unspecified atom stereocenters. The van der Waals surface area contributed by atoms with Crippen LogP contribution in [0.3, 0.4) is 0 Å². The number of carbonyl (C=O) groups is 1. The largest absolute Gasteiger partial charge is 0.416 e. The maximum atomic E-state index is 13.0. The van der Waals surface area contributed by atoms with Crippen molar-refractivity contribution in [2.24, 2.45) is 0 Å². The van der Waals surface area contributed by atoms with E-state index < -0.39 is 11.7 Å². The molecule has 0 fully saturated rings. The molecule has 6 heteroatoms. The third-order valence-corrected chi connectivity index (χ3v) is 4.59. The van der Waals surface area contributed by atoms with Crippen molar-refractivity contribution in [3.05, 3.63) is 65.2 Å². The normalized spacial score (nSPS) is 14.5. The molecule has 0 atom stereocenters. The summed E-state index contributed by atoms with van der Waals surface area (Å²) in [5.41, 5.74) is 1.61. The van der Waals surface area contributed by atoms with Gasteiger partial charge in [0.2, 0.25) is 5.91 Å². The highest BCUT2D eigenvalue weighted by molar-refractivity contribution is 5.81. The molecule has 1 N–H and O–H groups in total. The third kappa shape index (κ3) is 4.36. The van der Waals surface area contributed by atoms with E-state index in [1.54, 1.807) is 6.07 Å². The minimum absolute atomic E-state index is 0.0737. The number of rotatable bonds is 4. The lowest BCUT2D eigenvalue weighted by Gasteiger charge is -2.24. The average Bonchev–Trinajstić information content (AvgIpc) is 2.82. The van der Waals surface area contributed by atoms with Crippen LogP contribution in [0.1, 0.15) is 29.5 Å². The zero-order valence-corrected chi connectivity index (χ0v) is 14.4. The van der Waals surface area contributed by atoms with Gasteiger partial charge in [-0.25, -0.2) is 0 Å². The Balaban J connectivity index is 1.66. The molecule has 1 aliphatic heterocycles. The van der Waals surface area contributed by atoms with E-state index in [-0.39, 0.29) is 24.6 Å². The summed E-state index contributed by atoms with van der Waals surface area (Å²) >= 11 is 0. The second-order valence-electron chi connectivity index (χ2n) is 6.44. The number of nitrogens with one attached hydrogen (secondary N) is 1. The Kier molecular flexibility index (Phi) is 5.49. The number of amides is 1. The zero-order valence-electron chi connectivity index (χ0n) is 14.4. The molecule has 0 aromatic heterocycles. The van der Waals surface area contributed by atoms with Crippen LogP contribution in [0.4, 0.5) is 18.9 Å². The number of aryl methyl sites for hydroxylation is 1. The number of benzene rings is 2. The first-order valence-electron chi connectivity index (χ1n) is 8.70. The predicted octanol–water partition coefficient (Wildman–Crippen LogP) is 4.16. The van der Waals surface area contributed by atoms with E-state index >= 15 is 0 Å². The summed E-state index contributed by atoms with van der Waals surface area (Å²) in [4.78, 5) is 14.3. The molecule has 138 valence electrons. The number of fused-ring (bicyclic) bond motifs is 1. The summed E-state index contributed by atoms with van der Waals surface area (Å²) in [6.45, 7) is 0.777. The van der Waals surface area contributed by atoms with Gasteiger partial charge in [-0.1, -0.05) is 36.4 Å². The van der Waals surface area contributed by atoms with E-state index in [0.29, 0.717) is 0 Å². The Hall–Kier alpha value is -2.50. The quantitative estimate of drug-likeness (QED) is 0.886. The molecule has 3 rings (SSSR count). The van der Waals surface area contributed by atoms with Crippen molar-refractivity contribution in [1.82, 2.24) is 5.32 Å². The SMILES string of the molecule is O=C(CN1CCCCc2ccccc21)NCc1ccccc1C(F)(F)F. The molecule has 1 amide bonds. The lowest BCUT2D eigenvalue weighted by Crippen LogP contribution is -2.37. The van der Waals surface area contributed by atoms with Gasteiger partial charge in [-0.05, 0) is 42.5 Å². The number of hydrogen-bond acceptors (Lipinski definition) is 2. The monoisotopic (exact) mass is 362 g/mol. The van der Waals surface area contributed by atoms with Crippen molar-refractivity contribution >= 4 is 11.6 Å². The van der Waals surface area contributed by atoms with Gasteiger partial charge in [0, 0.05) is 18.8 Å². The van der Waals surface area contributed by atoms with Crippen LogP contribution in [-0.4, -0.2) is 19.0 Å². The maximum Gasteiger partial charge on any atom is 0.416 e. The average molecular weight is 362 g/mol. The van der Waals surface area contributed by atoms with Crippen molar-refractivity contribution in [1.29, 1.82) is 0 Å². The zero-order chi connectivity index (χ0) is 18.6. The van der Waals surface area contributed by atoms with Gasteiger partial charge in [0.1, 0.15) is 0 Å². The van der Waals surface area contributed by atoms with Gasteiger partial charge in [0.05, 0.1) is 12.1 Å². The van der Waals surface area contributed by atoms with Crippen LogP contribution in [0.2, 0.25) is 0 Å². The lowest BCUT2D eigenvalue weighted by molar-refractivity contribution is -0.138. The first-order valence-corrected chi connectivity index (χ1v) is 8.70. The van der Waals surface area contributed by atoms with Crippen LogP contribution < -0.4 is 10.2 Å². The highest BCUT2D eigenvalue weighted by Gasteiger charge is 2.32. The Morgan fingerprint density at radius 3 is 2.58 bits per heavy atom. The van der Waals surface area contributed by atoms with Gasteiger partial charge in [0.15, 0.2) is 0 Å². The van der Waals surface area contributed by atoms with Gasteiger partial charge in [-0.15, -0.1) is 0 Å². The highest BCUT2D eigenvalue weighted by atomic mass is 19.4. The second kappa shape index (κ2) is 7.81. The smallest absolute Gasteiger partial charge is 0.362 e. The molecule has 3 nitrogen and oxygen atoms in total. The Morgan fingerprint density at radius 1 is 1.04 bits per heavy atom. The summed E-state index contributed by atoms with van der Waals surface area (Å²) in [5.74, 6) is -0.279. The van der Waals surface area contributed by atoms with E-state index in [0.717, 1.165) is 37.6 Å². The molecule has 26 heavy (non-hydrogen) atoms. The second-order valence-corrected chi connectivity index (χ2v) is 6.44. The number of nitrogens with zero attached hydrogens (tertiary/aromatic N) is 1. The third-order valence-electron chi connectivity index (χ3n) is 4.59. The van der Waals surface area contributed by atoms with Gasteiger partial charge in [-0.3, -0.25) is 4.79 Å². The molecule has 0 saturated heterocycles. The standard InChI is InChI=1S/C20H21F3N2O/c21-20(22,23)17-10-3-1-9-16(17)13-24-19(26)14-25-12-6-5-8-15-7-2-4-11-18(15)25/h1-4,7,9-11H,5-6,8,12-14H2,(H,24,26). The van der Waals surface area contributed by atoms with E-state index in [9.17, 15) is 18.0 Å². The molecule has 0 aliphatic carbocycles. The van der Waals surface area contributed by atoms with Crippen molar-refractivity contribution in [2.45, 2.75) is 32.0 Å².